The van der Waals surface area contributed by atoms with Gasteiger partial charge in [-0.1, -0.05) is 29.8 Å². The molecule has 0 bridgehead atoms. The summed E-state index contributed by atoms with van der Waals surface area (Å²) in [6.45, 7) is 0.468. The van der Waals surface area contributed by atoms with Crippen LogP contribution in [0.25, 0.3) is 0 Å². The van der Waals surface area contributed by atoms with E-state index in [1.807, 2.05) is 0 Å². The van der Waals surface area contributed by atoms with E-state index < -0.39 is 5.91 Å². The van der Waals surface area contributed by atoms with Crippen LogP contribution >= 0.6 is 11.6 Å². The van der Waals surface area contributed by atoms with Gasteiger partial charge in [-0.05, 0) is 30.3 Å². The van der Waals surface area contributed by atoms with Gasteiger partial charge in [-0.2, -0.15) is 5.10 Å². The molecule has 2 aromatic heterocycles. The average molecular weight is 470 g/mol. The molecule has 5 rings (SSSR count). The standard InChI is InChI=1S/C23H17ClFN3O5/c24-17-11-28(10-14-3-1-2-4-18(14)25)27-22(17)26-23(29)20-8-6-16(33-20)12-30-15-5-7-19-21(9-15)32-13-31-19/h1-9,11H,10,12-13H2,(H,26,27,29). The number of carbonyl (C=O) groups excluding carboxylic acids is 1. The summed E-state index contributed by atoms with van der Waals surface area (Å²) < 4.78 is 37.2. The van der Waals surface area contributed by atoms with Crippen LogP contribution in [0.2, 0.25) is 5.02 Å². The predicted molar refractivity (Wildman–Crippen MR) is 116 cm³/mol. The van der Waals surface area contributed by atoms with Crippen LogP contribution < -0.4 is 19.5 Å². The van der Waals surface area contributed by atoms with E-state index >= 15 is 0 Å². The van der Waals surface area contributed by atoms with E-state index in [2.05, 4.69) is 10.4 Å². The Hall–Kier alpha value is -3.98. The maximum Gasteiger partial charge on any atom is 0.292 e. The molecule has 2 aromatic carbocycles. The van der Waals surface area contributed by atoms with Gasteiger partial charge in [0, 0.05) is 17.8 Å². The summed E-state index contributed by atoms with van der Waals surface area (Å²) >= 11 is 6.18. The molecule has 1 aliphatic heterocycles. The monoisotopic (exact) mass is 469 g/mol. The van der Waals surface area contributed by atoms with Gasteiger partial charge in [0.15, 0.2) is 23.1 Å². The maximum atomic E-state index is 13.9. The molecule has 0 radical (unpaired) electrons. The van der Waals surface area contributed by atoms with Gasteiger partial charge in [0.1, 0.15) is 29.0 Å². The molecule has 0 unspecified atom stereocenters. The van der Waals surface area contributed by atoms with E-state index in [1.165, 1.54) is 23.0 Å². The zero-order chi connectivity index (χ0) is 22.8. The molecule has 0 fully saturated rings. The van der Waals surface area contributed by atoms with Crippen LogP contribution in [0.3, 0.4) is 0 Å². The number of carbonyl (C=O) groups is 1. The first kappa shape index (κ1) is 20.9. The summed E-state index contributed by atoms with van der Waals surface area (Å²) in [6, 6.07) is 14.8. The number of aromatic nitrogens is 2. The Kier molecular flexibility index (Phi) is 5.62. The Morgan fingerprint density at radius 3 is 2.88 bits per heavy atom. The van der Waals surface area contributed by atoms with Crippen LogP contribution in [0.5, 0.6) is 17.2 Å². The van der Waals surface area contributed by atoms with Crippen LogP contribution in [0.15, 0.2) is 65.2 Å². The minimum atomic E-state index is -0.526. The van der Waals surface area contributed by atoms with Crippen molar-refractivity contribution in [2.45, 2.75) is 13.2 Å². The van der Waals surface area contributed by atoms with Gasteiger partial charge in [0.25, 0.3) is 5.91 Å². The molecule has 33 heavy (non-hydrogen) atoms. The quantitative estimate of drug-likeness (QED) is 0.415. The molecule has 1 amide bonds. The summed E-state index contributed by atoms with van der Waals surface area (Å²) in [5, 5.41) is 7.04. The third-order valence-electron chi connectivity index (χ3n) is 4.85. The minimum absolute atomic E-state index is 0.0685. The second-order valence-electron chi connectivity index (χ2n) is 7.14. The van der Waals surface area contributed by atoms with Crippen molar-refractivity contribution in [3.05, 3.63) is 88.7 Å². The molecule has 0 aliphatic carbocycles. The second-order valence-corrected chi connectivity index (χ2v) is 7.55. The average Bonchev–Trinajstić information content (AvgIpc) is 3.54. The van der Waals surface area contributed by atoms with Crippen LogP contribution in [0, 0.1) is 5.82 Å². The van der Waals surface area contributed by atoms with E-state index in [0.717, 1.165) is 0 Å². The number of fused-ring (bicyclic) bond motifs is 1. The van der Waals surface area contributed by atoms with Crippen molar-refractivity contribution in [2.24, 2.45) is 0 Å². The fourth-order valence-corrected chi connectivity index (χ4v) is 3.43. The maximum absolute atomic E-state index is 13.9. The molecule has 168 valence electrons. The molecular weight excluding hydrogens is 453 g/mol. The SMILES string of the molecule is O=C(Nc1nn(Cc2ccccc2F)cc1Cl)c1ccc(COc2ccc3c(c2)OCO3)o1. The number of hydrogen-bond donors (Lipinski definition) is 1. The highest BCUT2D eigenvalue weighted by molar-refractivity contribution is 6.33. The predicted octanol–water partition coefficient (Wildman–Crippen LogP) is 4.88. The van der Waals surface area contributed by atoms with E-state index in [9.17, 15) is 9.18 Å². The fraction of sp³-hybridized carbons (Fsp3) is 0.130. The van der Waals surface area contributed by atoms with E-state index in [4.69, 9.17) is 30.2 Å². The van der Waals surface area contributed by atoms with Gasteiger partial charge < -0.3 is 23.9 Å². The lowest BCUT2D eigenvalue weighted by molar-refractivity contribution is 0.0992. The number of benzene rings is 2. The number of nitrogens with zero attached hydrogens (tertiary/aromatic N) is 2. The number of nitrogens with one attached hydrogen (secondary N) is 1. The lowest BCUT2D eigenvalue weighted by atomic mass is 10.2. The fourth-order valence-electron chi connectivity index (χ4n) is 3.23. The zero-order valence-corrected chi connectivity index (χ0v) is 17.8. The van der Waals surface area contributed by atoms with Gasteiger partial charge >= 0.3 is 0 Å². The molecule has 0 saturated heterocycles. The summed E-state index contributed by atoms with van der Waals surface area (Å²) in [7, 11) is 0. The summed E-state index contributed by atoms with van der Waals surface area (Å²) in [6.07, 6.45) is 1.51. The van der Waals surface area contributed by atoms with Crippen molar-refractivity contribution in [2.75, 3.05) is 12.1 Å². The third kappa shape index (κ3) is 4.63. The Morgan fingerprint density at radius 1 is 1.15 bits per heavy atom. The van der Waals surface area contributed by atoms with E-state index in [-0.39, 0.29) is 42.4 Å². The Bertz CT molecular complexity index is 1320. The van der Waals surface area contributed by atoms with E-state index in [1.54, 1.807) is 42.5 Å². The van der Waals surface area contributed by atoms with Crippen molar-refractivity contribution >= 4 is 23.3 Å². The van der Waals surface area contributed by atoms with Crippen molar-refractivity contribution < 1.29 is 27.8 Å². The summed E-state index contributed by atoms with van der Waals surface area (Å²) in [5.74, 6) is 1.64. The zero-order valence-electron chi connectivity index (χ0n) is 17.1. The van der Waals surface area contributed by atoms with Crippen molar-refractivity contribution in [3.8, 4) is 17.2 Å². The van der Waals surface area contributed by atoms with Gasteiger partial charge in [-0.25, -0.2) is 4.39 Å². The lowest BCUT2D eigenvalue weighted by Crippen LogP contribution is -2.12. The van der Waals surface area contributed by atoms with Crippen molar-refractivity contribution in [3.63, 3.8) is 0 Å². The normalized spacial score (nSPS) is 12.1. The Balaban J connectivity index is 1.20. The van der Waals surface area contributed by atoms with Gasteiger partial charge in [0.05, 0.1) is 6.54 Å². The summed E-state index contributed by atoms with van der Waals surface area (Å²) in [5.41, 5.74) is 0.452. The molecule has 8 nitrogen and oxygen atoms in total. The number of anilines is 1. The van der Waals surface area contributed by atoms with E-state index in [0.29, 0.717) is 28.6 Å². The first-order valence-electron chi connectivity index (χ1n) is 9.94. The molecular formula is C23H17ClFN3O5. The third-order valence-corrected chi connectivity index (χ3v) is 5.13. The van der Waals surface area contributed by atoms with Gasteiger partial charge in [-0.3, -0.25) is 9.48 Å². The largest absolute Gasteiger partial charge is 0.486 e. The molecule has 4 aromatic rings. The molecule has 1 N–H and O–H groups in total. The number of amides is 1. The molecule has 0 spiro atoms. The molecule has 10 heteroatoms. The van der Waals surface area contributed by atoms with Crippen LogP contribution in [-0.2, 0) is 13.2 Å². The smallest absolute Gasteiger partial charge is 0.292 e. The first-order chi connectivity index (χ1) is 16.0. The highest BCUT2D eigenvalue weighted by Crippen LogP contribution is 2.35. The second kappa shape index (κ2) is 8.87. The number of rotatable bonds is 7. The Morgan fingerprint density at radius 2 is 2.00 bits per heavy atom. The van der Waals surface area contributed by atoms with Crippen LogP contribution in [0.1, 0.15) is 21.9 Å². The highest BCUT2D eigenvalue weighted by Gasteiger charge is 2.17. The highest BCUT2D eigenvalue weighted by atomic mass is 35.5. The number of halogens is 2. The lowest BCUT2D eigenvalue weighted by Gasteiger charge is -2.05. The number of furan rings is 1. The molecule has 0 saturated carbocycles. The summed E-state index contributed by atoms with van der Waals surface area (Å²) in [4.78, 5) is 12.6. The number of ether oxygens (including phenoxy) is 3. The van der Waals surface area contributed by atoms with Crippen molar-refractivity contribution in [1.82, 2.24) is 9.78 Å². The molecule has 0 atom stereocenters. The van der Waals surface area contributed by atoms with Gasteiger partial charge in [0.2, 0.25) is 6.79 Å². The van der Waals surface area contributed by atoms with Gasteiger partial charge in [-0.15, -0.1) is 0 Å². The molecule has 3 heterocycles. The first-order valence-corrected chi connectivity index (χ1v) is 10.3. The number of hydrogen-bond acceptors (Lipinski definition) is 6. The van der Waals surface area contributed by atoms with Crippen LogP contribution in [-0.4, -0.2) is 22.5 Å². The molecule has 1 aliphatic rings. The topological polar surface area (TPSA) is 87.8 Å². The minimum Gasteiger partial charge on any atom is -0.486 e. The van der Waals surface area contributed by atoms with Crippen molar-refractivity contribution in [1.29, 1.82) is 0 Å². The van der Waals surface area contributed by atoms with Crippen LogP contribution in [0.4, 0.5) is 10.2 Å². The Labute approximate surface area is 192 Å².